The van der Waals surface area contributed by atoms with Crippen molar-refractivity contribution >= 4 is 45.0 Å². The van der Waals surface area contributed by atoms with E-state index in [1.54, 1.807) is 11.8 Å². The summed E-state index contributed by atoms with van der Waals surface area (Å²) in [6.07, 6.45) is 1.66. The maximum atomic E-state index is 13.0. The van der Waals surface area contributed by atoms with E-state index in [2.05, 4.69) is 5.32 Å². The van der Waals surface area contributed by atoms with E-state index in [0.717, 1.165) is 16.9 Å². The van der Waals surface area contributed by atoms with E-state index in [4.69, 9.17) is 11.6 Å². The number of amides is 1. The molecule has 0 bridgehead atoms. The summed E-state index contributed by atoms with van der Waals surface area (Å²) in [6, 6.07) is 12.7. The van der Waals surface area contributed by atoms with Gasteiger partial charge >= 0.3 is 0 Å². The first-order valence-electron chi connectivity index (χ1n) is 8.64. The summed E-state index contributed by atoms with van der Waals surface area (Å²) in [7, 11) is -3.52. The quantitative estimate of drug-likeness (QED) is 0.445. The van der Waals surface area contributed by atoms with Gasteiger partial charge in [0.2, 0.25) is 15.9 Å². The molecule has 0 fully saturated rings. The molecule has 0 saturated carbocycles. The van der Waals surface area contributed by atoms with E-state index in [-0.39, 0.29) is 18.9 Å². The van der Waals surface area contributed by atoms with Crippen LogP contribution >= 0.6 is 23.4 Å². The topological polar surface area (TPSA) is 66.5 Å². The van der Waals surface area contributed by atoms with Crippen molar-refractivity contribution in [3.8, 4) is 0 Å². The van der Waals surface area contributed by atoms with Crippen LogP contribution in [0.15, 0.2) is 53.4 Å². The van der Waals surface area contributed by atoms with E-state index < -0.39 is 15.8 Å². The minimum atomic E-state index is -3.52. The summed E-state index contributed by atoms with van der Waals surface area (Å²) < 4.78 is 38.2. The monoisotopic (exact) mass is 444 g/mol. The maximum Gasteiger partial charge on any atom is 0.232 e. The molecule has 0 radical (unpaired) electrons. The molecule has 0 aromatic heterocycles. The highest BCUT2D eigenvalue weighted by atomic mass is 35.5. The molecular weight excluding hydrogens is 423 g/mol. The third-order valence-electron chi connectivity index (χ3n) is 3.79. The van der Waals surface area contributed by atoms with Gasteiger partial charge in [-0.1, -0.05) is 11.6 Å². The lowest BCUT2D eigenvalue weighted by Crippen LogP contribution is -2.32. The van der Waals surface area contributed by atoms with Gasteiger partial charge in [0.15, 0.2) is 0 Å². The summed E-state index contributed by atoms with van der Waals surface area (Å²) >= 11 is 7.45. The average molecular weight is 445 g/mol. The Balaban J connectivity index is 1.73. The number of halogens is 2. The number of carbonyl (C=O) groups is 1. The summed E-state index contributed by atoms with van der Waals surface area (Å²) in [6.45, 7) is 0.664. The molecule has 0 atom stereocenters. The Hall–Kier alpha value is -1.77. The molecule has 2 aromatic rings. The van der Waals surface area contributed by atoms with E-state index in [1.807, 2.05) is 24.3 Å². The molecular formula is C19H22ClFN2O3S2. The molecule has 0 heterocycles. The Morgan fingerprint density at radius 3 is 2.39 bits per heavy atom. The lowest BCUT2D eigenvalue weighted by Gasteiger charge is -2.22. The van der Waals surface area contributed by atoms with Gasteiger partial charge in [-0.15, -0.1) is 11.8 Å². The van der Waals surface area contributed by atoms with Crippen molar-refractivity contribution in [3.05, 3.63) is 59.4 Å². The second-order valence-electron chi connectivity index (χ2n) is 6.07. The van der Waals surface area contributed by atoms with Crippen LogP contribution in [-0.2, 0) is 14.8 Å². The normalized spacial score (nSPS) is 11.2. The number of benzene rings is 2. The fourth-order valence-electron chi connectivity index (χ4n) is 2.46. The molecule has 0 unspecified atom stereocenters. The van der Waals surface area contributed by atoms with Gasteiger partial charge in [0.05, 0.1) is 11.9 Å². The number of thioether (sulfide) groups is 1. The predicted molar refractivity (Wildman–Crippen MR) is 113 cm³/mol. The minimum Gasteiger partial charge on any atom is -0.355 e. The molecule has 0 spiro atoms. The molecule has 2 rings (SSSR count). The van der Waals surface area contributed by atoms with Crippen LogP contribution in [0.4, 0.5) is 10.1 Å². The number of nitrogens with one attached hydrogen (secondary N) is 1. The van der Waals surface area contributed by atoms with Crippen LogP contribution in [-0.4, -0.2) is 39.4 Å². The van der Waals surface area contributed by atoms with Crippen LogP contribution in [0.3, 0.4) is 0 Å². The van der Waals surface area contributed by atoms with Crippen LogP contribution < -0.4 is 9.62 Å². The molecule has 9 heteroatoms. The summed E-state index contributed by atoms with van der Waals surface area (Å²) in [5, 5.41) is 3.50. The van der Waals surface area contributed by atoms with E-state index in [1.165, 1.54) is 28.6 Å². The van der Waals surface area contributed by atoms with Crippen molar-refractivity contribution in [2.75, 3.05) is 29.4 Å². The first kappa shape index (κ1) is 22.5. The fourth-order valence-corrected chi connectivity index (χ4v) is 4.32. The average Bonchev–Trinajstić information content (AvgIpc) is 2.64. The number of hydrogen-bond acceptors (Lipinski definition) is 4. The van der Waals surface area contributed by atoms with Gasteiger partial charge in [-0.3, -0.25) is 9.10 Å². The Kier molecular flexibility index (Phi) is 8.59. The Bertz CT molecular complexity index is 875. The SMILES string of the molecule is CS(=O)(=O)N(CCCC(=O)NCCSc1ccc(Cl)cc1)c1ccc(F)cc1. The second-order valence-corrected chi connectivity index (χ2v) is 9.58. The Morgan fingerprint density at radius 1 is 1.14 bits per heavy atom. The smallest absolute Gasteiger partial charge is 0.232 e. The van der Waals surface area contributed by atoms with Crippen LogP contribution in [0.25, 0.3) is 0 Å². The number of rotatable bonds is 10. The van der Waals surface area contributed by atoms with Gasteiger partial charge in [0.1, 0.15) is 5.82 Å². The van der Waals surface area contributed by atoms with Crippen LogP contribution in [0.5, 0.6) is 0 Å². The molecule has 0 aliphatic rings. The van der Waals surface area contributed by atoms with Crippen molar-refractivity contribution in [2.24, 2.45) is 0 Å². The van der Waals surface area contributed by atoms with E-state index in [0.29, 0.717) is 23.7 Å². The van der Waals surface area contributed by atoms with Gasteiger partial charge in [-0.2, -0.15) is 0 Å². The number of sulfonamides is 1. The molecule has 0 aliphatic heterocycles. The summed E-state index contributed by atoms with van der Waals surface area (Å²) in [5.41, 5.74) is 0.378. The summed E-state index contributed by atoms with van der Waals surface area (Å²) in [4.78, 5) is 13.0. The first-order chi connectivity index (χ1) is 13.3. The van der Waals surface area contributed by atoms with Gasteiger partial charge < -0.3 is 5.32 Å². The minimum absolute atomic E-state index is 0.135. The molecule has 0 saturated heterocycles. The zero-order valence-corrected chi connectivity index (χ0v) is 17.8. The van der Waals surface area contributed by atoms with Crippen LogP contribution in [0, 0.1) is 5.82 Å². The molecule has 1 N–H and O–H groups in total. The highest BCUT2D eigenvalue weighted by Gasteiger charge is 2.17. The van der Waals surface area contributed by atoms with Crippen molar-refractivity contribution in [1.82, 2.24) is 5.32 Å². The van der Waals surface area contributed by atoms with Gasteiger partial charge in [-0.05, 0) is 55.0 Å². The molecule has 152 valence electrons. The van der Waals surface area contributed by atoms with E-state index in [9.17, 15) is 17.6 Å². The fraction of sp³-hybridized carbons (Fsp3) is 0.316. The predicted octanol–water partition coefficient (Wildman–Crippen LogP) is 3.93. The Labute approximate surface area is 174 Å². The first-order valence-corrected chi connectivity index (χ1v) is 11.9. The standard InChI is InChI=1S/C19H22ClFN2O3S2/c1-28(25,26)23(17-8-6-16(21)7-9-17)13-2-3-19(24)22-12-14-27-18-10-4-15(20)5-11-18/h4-11H,2-3,12-14H2,1H3,(H,22,24). The van der Waals surface area contributed by atoms with Gasteiger partial charge in [0, 0.05) is 35.2 Å². The molecule has 5 nitrogen and oxygen atoms in total. The Morgan fingerprint density at radius 2 is 1.79 bits per heavy atom. The molecule has 2 aromatic carbocycles. The highest BCUT2D eigenvalue weighted by molar-refractivity contribution is 7.99. The zero-order valence-electron chi connectivity index (χ0n) is 15.4. The van der Waals surface area contributed by atoms with E-state index >= 15 is 0 Å². The van der Waals surface area contributed by atoms with Gasteiger partial charge in [-0.25, -0.2) is 12.8 Å². The molecule has 0 aliphatic carbocycles. The number of carbonyl (C=O) groups excluding carboxylic acids is 1. The third kappa shape index (κ3) is 7.69. The number of anilines is 1. The van der Waals surface area contributed by atoms with Gasteiger partial charge in [0.25, 0.3) is 0 Å². The lowest BCUT2D eigenvalue weighted by atomic mass is 10.2. The van der Waals surface area contributed by atoms with Crippen molar-refractivity contribution in [1.29, 1.82) is 0 Å². The largest absolute Gasteiger partial charge is 0.355 e. The second kappa shape index (κ2) is 10.7. The molecule has 28 heavy (non-hydrogen) atoms. The van der Waals surface area contributed by atoms with Crippen molar-refractivity contribution < 1.29 is 17.6 Å². The summed E-state index contributed by atoms with van der Waals surface area (Å²) in [5.74, 6) is 0.149. The lowest BCUT2D eigenvalue weighted by molar-refractivity contribution is -0.121. The molecule has 1 amide bonds. The maximum absolute atomic E-state index is 13.0. The highest BCUT2D eigenvalue weighted by Crippen LogP contribution is 2.20. The van der Waals surface area contributed by atoms with Crippen molar-refractivity contribution in [3.63, 3.8) is 0 Å². The third-order valence-corrected chi connectivity index (χ3v) is 6.25. The van der Waals surface area contributed by atoms with Crippen LogP contribution in [0.2, 0.25) is 5.02 Å². The zero-order chi connectivity index (χ0) is 20.6. The number of nitrogens with zero attached hydrogens (tertiary/aromatic N) is 1. The van der Waals surface area contributed by atoms with Crippen molar-refractivity contribution in [2.45, 2.75) is 17.7 Å². The van der Waals surface area contributed by atoms with Crippen LogP contribution in [0.1, 0.15) is 12.8 Å². The number of hydrogen-bond donors (Lipinski definition) is 1.